The van der Waals surface area contributed by atoms with Gasteiger partial charge in [0.25, 0.3) is 0 Å². The minimum Gasteiger partial charge on any atom is -0.490 e. The molecule has 0 aliphatic carbocycles. The van der Waals surface area contributed by atoms with Crippen molar-refractivity contribution in [3.8, 4) is 5.75 Å². The van der Waals surface area contributed by atoms with Crippen molar-refractivity contribution in [1.29, 1.82) is 0 Å². The molecule has 21 heavy (non-hydrogen) atoms. The van der Waals surface area contributed by atoms with Crippen LogP contribution in [0.1, 0.15) is 17.9 Å². The predicted octanol–water partition coefficient (Wildman–Crippen LogP) is 4.32. The zero-order valence-electron chi connectivity index (χ0n) is 12.2. The fraction of sp³-hybridized carbons (Fsp3) is 0.333. The maximum absolute atomic E-state index is 6.28. The second-order valence-corrected chi connectivity index (χ2v) is 6.59. The number of likely N-dealkylation sites (tertiary alicyclic amines) is 1. The molecule has 3 heteroatoms. The van der Waals surface area contributed by atoms with E-state index in [-0.39, 0.29) is 6.10 Å². The Kier molecular flexibility index (Phi) is 4.61. The summed E-state index contributed by atoms with van der Waals surface area (Å²) >= 11 is 3.46. The lowest BCUT2D eigenvalue weighted by Crippen LogP contribution is -2.42. The van der Waals surface area contributed by atoms with Crippen molar-refractivity contribution in [2.24, 2.45) is 0 Å². The normalized spacial score (nSPS) is 23.0. The highest BCUT2D eigenvalue weighted by atomic mass is 79.9. The van der Waals surface area contributed by atoms with E-state index in [1.54, 1.807) is 0 Å². The highest BCUT2D eigenvalue weighted by Crippen LogP contribution is 2.30. The molecule has 0 radical (unpaired) electrons. The fourth-order valence-corrected chi connectivity index (χ4v) is 3.21. The Balaban J connectivity index is 1.79. The van der Waals surface area contributed by atoms with Gasteiger partial charge in [-0.3, -0.25) is 0 Å². The Morgan fingerprint density at radius 2 is 1.76 bits per heavy atom. The predicted molar refractivity (Wildman–Crippen MR) is 89.9 cm³/mol. The average molecular weight is 346 g/mol. The topological polar surface area (TPSA) is 12.5 Å². The summed E-state index contributed by atoms with van der Waals surface area (Å²) in [6.45, 7) is 2.13. The lowest BCUT2D eigenvalue weighted by atomic mass is 9.88. The molecule has 0 spiro atoms. The molecule has 1 fully saturated rings. The largest absolute Gasteiger partial charge is 0.490 e. The number of piperidine rings is 1. The van der Waals surface area contributed by atoms with E-state index in [0.29, 0.717) is 5.92 Å². The van der Waals surface area contributed by atoms with Crippen LogP contribution in [0.4, 0.5) is 0 Å². The molecule has 2 atom stereocenters. The molecule has 0 amide bonds. The Hall–Kier alpha value is -1.32. The van der Waals surface area contributed by atoms with Crippen LogP contribution in [0.2, 0.25) is 0 Å². The summed E-state index contributed by atoms with van der Waals surface area (Å²) in [5.74, 6) is 1.38. The van der Waals surface area contributed by atoms with Crippen molar-refractivity contribution >= 4 is 15.9 Å². The molecule has 0 bridgehead atoms. The first-order chi connectivity index (χ1) is 10.2. The molecule has 110 valence electrons. The van der Waals surface area contributed by atoms with E-state index in [9.17, 15) is 0 Å². The molecule has 1 heterocycles. The van der Waals surface area contributed by atoms with Gasteiger partial charge in [0.05, 0.1) is 0 Å². The van der Waals surface area contributed by atoms with Gasteiger partial charge >= 0.3 is 0 Å². The van der Waals surface area contributed by atoms with Crippen LogP contribution in [0, 0.1) is 0 Å². The van der Waals surface area contributed by atoms with E-state index in [4.69, 9.17) is 4.74 Å². The molecule has 0 saturated carbocycles. The lowest BCUT2D eigenvalue weighted by molar-refractivity contribution is 0.0902. The van der Waals surface area contributed by atoms with E-state index in [0.717, 1.165) is 29.7 Å². The van der Waals surface area contributed by atoms with Gasteiger partial charge in [0.2, 0.25) is 0 Å². The van der Waals surface area contributed by atoms with Crippen LogP contribution < -0.4 is 4.74 Å². The maximum Gasteiger partial charge on any atom is 0.119 e. The van der Waals surface area contributed by atoms with E-state index in [1.807, 2.05) is 24.3 Å². The summed E-state index contributed by atoms with van der Waals surface area (Å²) in [7, 11) is 2.19. The quantitative estimate of drug-likeness (QED) is 0.821. The Morgan fingerprint density at radius 3 is 2.48 bits per heavy atom. The monoisotopic (exact) mass is 345 g/mol. The van der Waals surface area contributed by atoms with Crippen molar-refractivity contribution in [3.05, 3.63) is 64.6 Å². The molecule has 1 aliphatic heterocycles. The van der Waals surface area contributed by atoms with Crippen LogP contribution in [0.15, 0.2) is 59.1 Å². The third-order valence-corrected chi connectivity index (χ3v) is 4.61. The van der Waals surface area contributed by atoms with Gasteiger partial charge in [0, 0.05) is 23.5 Å². The third kappa shape index (κ3) is 3.66. The summed E-state index contributed by atoms with van der Waals surface area (Å²) in [6.07, 6.45) is 1.30. The molecule has 0 unspecified atom stereocenters. The summed E-state index contributed by atoms with van der Waals surface area (Å²) < 4.78 is 7.36. The number of rotatable bonds is 3. The van der Waals surface area contributed by atoms with Crippen LogP contribution in [-0.2, 0) is 0 Å². The zero-order valence-corrected chi connectivity index (χ0v) is 13.8. The minimum absolute atomic E-state index is 0.241. The molecule has 0 aromatic heterocycles. The molecule has 0 N–H and O–H groups in total. The van der Waals surface area contributed by atoms with Crippen molar-refractivity contribution in [3.63, 3.8) is 0 Å². The number of benzene rings is 2. The molecular weight excluding hydrogens is 326 g/mol. The van der Waals surface area contributed by atoms with Crippen molar-refractivity contribution in [2.75, 3.05) is 20.1 Å². The number of likely N-dealkylation sites (N-methyl/N-ethyl adjacent to an activating group) is 1. The van der Waals surface area contributed by atoms with Crippen molar-refractivity contribution in [1.82, 2.24) is 4.90 Å². The van der Waals surface area contributed by atoms with E-state index < -0.39 is 0 Å². The third-order valence-electron chi connectivity index (χ3n) is 4.08. The second kappa shape index (κ2) is 6.63. The van der Waals surface area contributed by atoms with Gasteiger partial charge < -0.3 is 9.64 Å². The first kappa shape index (κ1) is 14.6. The van der Waals surface area contributed by atoms with E-state index in [2.05, 4.69) is 58.2 Å². The Labute approximate surface area is 134 Å². The fourth-order valence-electron chi connectivity index (χ4n) is 2.94. The van der Waals surface area contributed by atoms with Crippen LogP contribution >= 0.6 is 15.9 Å². The van der Waals surface area contributed by atoms with E-state index >= 15 is 0 Å². The Bertz CT molecular complexity index is 570. The SMILES string of the molecule is CN1CC[C@@H](Oc2ccc(Br)cc2)[C@H](c2ccccc2)C1. The van der Waals surface area contributed by atoms with Gasteiger partial charge in [-0.1, -0.05) is 46.3 Å². The molecule has 2 aromatic rings. The molecule has 2 aromatic carbocycles. The minimum atomic E-state index is 0.241. The molecule has 3 rings (SSSR count). The number of hydrogen-bond donors (Lipinski definition) is 0. The molecule has 1 aliphatic rings. The first-order valence-electron chi connectivity index (χ1n) is 7.38. The molecular formula is C18H20BrNO. The number of halogens is 1. The van der Waals surface area contributed by atoms with Gasteiger partial charge in [-0.2, -0.15) is 0 Å². The number of hydrogen-bond acceptors (Lipinski definition) is 2. The summed E-state index contributed by atoms with van der Waals surface area (Å²) in [5.41, 5.74) is 1.37. The molecule has 1 saturated heterocycles. The summed E-state index contributed by atoms with van der Waals surface area (Å²) in [6, 6.07) is 18.8. The lowest BCUT2D eigenvalue weighted by Gasteiger charge is -2.37. The van der Waals surface area contributed by atoms with Crippen LogP contribution in [-0.4, -0.2) is 31.1 Å². The number of nitrogens with zero attached hydrogens (tertiary/aromatic N) is 1. The van der Waals surface area contributed by atoms with Gasteiger partial charge in [-0.05, 0) is 43.3 Å². The van der Waals surface area contributed by atoms with Gasteiger partial charge in [-0.15, -0.1) is 0 Å². The maximum atomic E-state index is 6.28. The van der Waals surface area contributed by atoms with Gasteiger partial charge in [0.15, 0.2) is 0 Å². The average Bonchev–Trinajstić information content (AvgIpc) is 2.52. The van der Waals surface area contributed by atoms with Crippen molar-refractivity contribution < 1.29 is 4.74 Å². The molecule has 2 nitrogen and oxygen atoms in total. The van der Waals surface area contributed by atoms with Gasteiger partial charge in [-0.25, -0.2) is 0 Å². The van der Waals surface area contributed by atoms with Crippen LogP contribution in [0.25, 0.3) is 0 Å². The summed E-state index contributed by atoms with van der Waals surface area (Å²) in [5, 5.41) is 0. The zero-order chi connectivity index (χ0) is 14.7. The standard InChI is InChI=1S/C18H20BrNO/c1-20-12-11-18(21-16-9-7-15(19)8-10-16)17(13-20)14-5-3-2-4-6-14/h2-10,17-18H,11-13H2,1H3/t17-,18+/m0/s1. The smallest absolute Gasteiger partial charge is 0.119 e. The summed E-state index contributed by atoms with van der Waals surface area (Å²) in [4.78, 5) is 2.39. The van der Waals surface area contributed by atoms with Crippen LogP contribution in [0.3, 0.4) is 0 Å². The number of ether oxygens (including phenoxy) is 1. The highest BCUT2D eigenvalue weighted by Gasteiger charge is 2.30. The first-order valence-corrected chi connectivity index (χ1v) is 8.17. The highest BCUT2D eigenvalue weighted by molar-refractivity contribution is 9.10. The van der Waals surface area contributed by atoms with Gasteiger partial charge in [0.1, 0.15) is 11.9 Å². The van der Waals surface area contributed by atoms with Crippen LogP contribution in [0.5, 0.6) is 5.75 Å². The van der Waals surface area contributed by atoms with E-state index in [1.165, 1.54) is 5.56 Å². The Morgan fingerprint density at radius 1 is 1.05 bits per heavy atom. The van der Waals surface area contributed by atoms with Crippen molar-refractivity contribution in [2.45, 2.75) is 18.4 Å². The second-order valence-electron chi connectivity index (χ2n) is 5.68.